The Morgan fingerprint density at radius 2 is 2.15 bits per heavy atom. The first-order chi connectivity index (χ1) is 12.6. The van der Waals surface area contributed by atoms with Gasteiger partial charge in [-0.25, -0.2) is 0 Å². The molecule has 3 rings (SSSR count). The molecule has 2 aliphatic heterocycles. The van der Waals surface area contributed by atoms with Crippen molar-refractivity contribution < 1.29 is 4.74 Å². The molecule has 1 aromatic rings. The third kappa shape index (κ3) is 3.77. The van der Waals surface area contributed by atoms with Crippen LogP contribution in [0.2, 0.25) is 5.02 Å². The molecule has 0 aliphatic carbocycles. The molecule has 0 radical (unpaired) electrons. The molecule has 0 bridgehead atoms. The number of piperidine rings is 1. The lowest BCUT2D eigenvalue weighted by Crippen LogP contribution is -2.58. The van der Waals surface area contributed by atoms with Crippen molar-refractivity contribution in [3.63, 3.8) is 0 Å². The zero-order valence-electron chi connectivity index (χ0n) is 14.8. The summed E-state index contributed by atoms with van der Waals surface area (Å²) in [6, 6.07) is 5.82. The van der Waals surface area contributed by atoms with Gasteiger partial charge in [0.1, 0.15) is 18.4 Å². The van der Waals surface area contributed by atoms with Gasteiger partial charge in [-0.2, -0.15) is 5.26 Å². The van der Waals surface area contributed by atoms with Crippen LogP contribution in [0.3, 0.4) is 0 Å². The standard InChI is InChI=1S/C20H23ClN4O/c1-3-4-15(23-2)12-26-16-9-18(21)17(11-22)19(10-16)25-7-5-20(6-8-25)13-24-14-20/h3-4,9-10,24H,1-2,5-8,12-14H2/b15-4-. The molecule has 1 spiro atoms. The third-order valence-corrected chi connectivity index (χ3v) is 5.52. The molecule has 1 aromatic carbocycles. The lowest BCUT2D eigenvalue weighted by Gasteiger charge is -2.49. The quantitative estimate of drug-likeness (QED) is 0.614. The first kappa shape index (κ1) is 18.5. The minimum absolute atomic E-state index is 0.270. The van der Waals surface area contributed by atoms with Gasteiger partial charge >= 0.3 is 0 Å². The Balaban J connectivity index is 1.79. The van der Waals surface area contributed by atoms with E-state index in [1.165, 1.54) is 0 Å². The van der Waals surface area contributed by atoms with Crippen molar-refractivity contribution in [2.45, 2.75) is 12.8 Å². The molecule has 6 heteroatoms. The monoisotopic (exact) mass is 370 g/mol. The van der Waals surface area contributed by atoms with Crippen LogP contribution in [-0.2, 0) is 0 Å². The van der Waals surface area contributed by atoms with Crippen molar-refractivity contribution >= 4 is 24.0 Å². The molecule has 2 saturated heterocycles. The van der Waals surface area contributed by atoms with Crippen molar-refractivity contribution in [3.05, 3.63) is 47.1 Å². The van der Waals surface area contributed by atoms with Gasteiger partial charge in [0.15, 0.2) is 0 Å². The summed E-state index contributed by atoms with van der Waals surface area (Å²) in [5, 5.41) is 13.3. The normalized spacial score (nSPS) is 18.8. The average Bonchev–Trinajstić information content (AvgIpc) is 2.63. The van der Waals surface area contributed by atoms with E-state index in [2.05, 4.69) is 34.6 Å². The first-order valence-corrected chi connectivity index (χ1v) is 9.09. The zero-order chi connectivity index (χ0) is 18.6. The summed E-state index contributed by atoms with van der Waals surface area (Å²) >= 11 is 6.35. The molecule has 26 heavy (non-hydrogen) atoms. The molecular formula is C20H23ClN4O. The van der Waals surface area contributed by atoms with Gasteiger partial charge in [0.25, 0.3) is 0 Å². The summed E-state index contributed by atoms with van der Waals surface area (Å²) < 4.78 is 5.82. The molecule has 5 nitrogen and oxygen atoms in total. The van der Waals surface area contributed by atoms with E-state index in [0.717, 1.165) is 44.7 Å². The first-order valence-electron chi connectivity index (χ1n) is 8.71. The molecule has 0 amide bonds. The predicted octanol–water partition coefficient (Wildman–Crippen LogP) is 3.55. The van der Waals surface area contributed by atoms with Crippen LogP contribution in [0.25, 0.3) is 0 Å². The maximum absolute atomic E-state index is 9.55. The Kier molecular flexibility index (Phi) is 5.65. The number of hydrogen-bond donors (Lipinski definition) is 1. The second-order valence-electron chi connectivity index (χ2n) is 6.84. The summed E-state index contributed by atoms with van der Waals surface area (Å²) in [5.41, 5.74) is 2.48. The Hall–Kier alpha value is -2.29. The van der Waals surface area contributed by atoms with Crippen LogP contribution < -0.4 is 15.0 Å². The van der Waals surface area contributed by atoms with Crippen LogP contribution >= 0.6 is 11.6 Å². The Morgan fingerprint density at radius 3 is 2.69 bits per heavy atom. The van der Waals surface area contributed by atoms with Gasteiger partial charge in [-0.15, -0.1) is 0 Å². The van der Waals surface area contributed by atoms with Crippen molar-refractivity contribution in [2.75, 3.05) is 37.7 Å². The van der Waals surface area contributed by atoms with Crippen molar-refractivity contribution in [1.29, 1.82) is 5.26 Å². The maximum Gasteiger partial charge on any atom is 0.130 e. The SMILES string of the molecule is C=C/C=C(/COc1cc(Cl)c(C#N)c(N2CCC3(CC2)CNC3)c1)N=C. The summed E-state index contributed by atoms with van der Waals surface area (Å²) in [6.45, 7) is 11.5. The Bertz CT molecular complexity index is 767. The minimum atomic E-state index is 0.270. The molecule has 0 saturated carbocycles. The number of anilines is 1. The highest BCUT2D eigenvalue weighted by Gasteiger charge is 2.40. The second-order valence-corrected chi connectivity index (χ2v) is 7.25. The second kappa shape index (κ2) is 7.94. The summed E-state index contributed by atoms with van der Waals surface area (Å²) in [6.07, 6.45) is 5.64. The van der Waals surface area contributed by atoms with Crippen LogP contribution in [0, 0.1) is 16.7 Å². The lowest BCUT2D eigenvalue weighted by atomic mass is 9.73. The average molecular weight is 371 g/mol. The Labute approximate surface area is 159 Å². The minimum Gasteiger partial charge on any atom is -0.487 e. The van der Waals surface area contributed by atoms with E-state index in [-0.39, 0.29) is 6.61 Å². The van der Waals surface area contributed by atoms with Gasteiger partial charge in [-0.3, -0.25) is 4.99 Å². The molecule has 0 atom stereocenters. The van der Waals surface area contributed by atoms with Crippen LogP contribution in [0.4, 0.5) is 5.69 Å². The van der Waals surface area contributed by atoms with Crippen molar-refractivity contribution in [1.82, 2.24) is 5.32 Å². The number of halogens is 1. The lowest BCUT2D eigenvalue weighted by molar-refractivity contribution is 0.126. The highest BCUT2D eigenvalue weighted by molar-refractivity contribution is 6.32. The van der Waals surface area contributed by atoms with E-state index in [4.69, 9.17) is 16.3 Å². The largest absolute Gasteiger partial charge is 0.487 e. The van der Waals surface area contributed by atoms with Crippen LogP contribution in [0.5, 0.6) is 5.75 Å². The van der Waals surface area contributed by atoms with E-state index in [1.54, 1.807) is 18.2 Å². The maximum atomic E-state index is 9.55. The smallest absolute Gasteiger partial charge is 0.130 e. The van der Waals surface area contributed by atoms with Gasteiger partial charge in [-0.1, -0.05) is 24.3 Å². The van der Waals surface area contributed by atoms with Crippen LogP contribution in [-0.4, -0.2) is 39.5 Å². The fraction of sp³-hybridized carbons (Fsp3) is 0.400. The number of benzene rings is 1. The topological polar surface area (TPSA) is 60.6 Å². The van der Waals surface area contributed by atoms with Gasteiger partial charge in [0, 0.05) is 38.3 Å². The molecule has 2 fully saturated rings. The Morgan fingerprint density at radius 1 is 1.42 bits per heavy atom. The number of allylic oxidation sites excluding steroid dienone is 2. The van der Waals surface area contributed by atoms with E-state index in [9.17, 15) is 5.26 Å². The van der Waals surface area contributed by atoms with E-state index < -0.39 is 0 Å². The van der Waals surface area contributed by atoms with Crippen molar-refractivity contribution in [3.8, 4) is 11.8 Å². The number of nitrogens with one attached hydrogen (secondary N) is 1. The molecule has 136 valence electrons. The van der Waals surface area contributed by atoms with E-state index in [1.807, 2.05) is 6.07 Å². The summed E-state index contributed by atoms with van der Waals surface area (Å²) in [5.74, 6) is 0.619. The van der Waals surface area contributed by atoms with Gasteiger partial charge in [-0.05, 0) is 31.1 Å². The van der Waals surface area contributed by atoms with E-state index in [0.29, 0.717) is 27.4 Å². The number of nitrogens with zero attached hydrogens (tertiary/aromatic N) is 3. The van der Waals surface area contributed by atoms with E-state index >= 15 is 0 Å². The fourth-order valence-corrected chi connectivity index (χ4v) is 3.75. The molecule has 2 heterocycles. The number of hydrogen-bond acceptors (Lipinski definition) is 5. The van der Waals surface area contributed by atoms with Gasteiger partial charge in [0.05, 0.1) is 22.0 Å². The molecule has 0 aromatic heterocycles. The number of nitriles is 1. The number of aliphatic imine (C=N–C) groups is 1. The molecule has 1 N–H and O–H groups in total. The van der Waals surface area contributed by atoms with Gasteiger partial charge in [0.2, 0.25) is 0 Å². The highest BCUT2D eigenvalue weighted by Crippen LogP contribution is 2.39. The summed E-state index contributed by atoms with van der Waals surface area (Å²) in [7, 11) is 0. The van der Waals surface area contributed by atoms with Crippen LogP contribution in [0.1, 0.15) is 18.4 Å². The number of rotatable bonds is 6. The fourth-order valence-electron chi connectivity index (χ4n) is 3.51. The van der Waals surface area contributed by atoms with Crippen molar-refractivity contribution in [2.24, 2.45) is 10.4 Å². The summed E-state index contributed by atoms with van der Waals surface area (Å²) in [4.78, 5) is 6.15. The molecular weight excluding hydrogens is 348 g/mol. The van der Waals surface area contributed by atoms with Gasteiger partial charge < -0.3 is 15.0 Å². The molecule has 2 aliphatic rings. The predicted molar refractivity (Wildman–Crippen MR) is 106 cm³/mol. The van der Waals surface area contributed by atoms with Crippen LogP contribution in [0.15, 0.2) is 41.6 Å². The zero-order valence-corrected chi connectivity index (χ0v) is 15.6. The highest BCUT2D eigenvalue weighted by atomic mass is 35.5. The molecule has 0 unspecified atom stereocenters. The third-order valence-electron chi connectivity index (χ3n) is 5.22. The number of ether oxygens (including phenoxy) is 1.